The molecular formula is C22H29N4O2S+. The zero-order valence-corrected chi connectivity index (χ0v) is 17.6. The molecule has 6 nitrogen and oxygen atoms in total. The highest BCUT2D eigenvalue weighted by molar-refractivity contribution is 7.80. The molecule has 3 N–H and O–H groups in total. The quantitative estimate of drug-likeness (QED) is 0.347. The number of morpholine rings is 1. The number of ether oxygens (including phenoxy) is 2. The molecule has 1 aliphatic heterocycles. The number of para-hydroxylation sites is 1. The van der Waals surface area contributed by atoms with Crippen molar-refractivity contribution in [1.82, 2.24) is 10.7 Å². The molecule has 7 heteroatoms. The summed E-state index contributed by atoms with van der Waals surface area (Å²) < 4.78 is 11.4. The van der Waals surface area contributed by atoms with Crippen LogP contribution in [0.1, 0.15) is 18.1 Å². The van der Waals surface area contributed by atoms with Crippen LogP contribution in [-0.4, -0.2) is 50.2 Å². The molecule has 0 unspecified atom stereocenters. The van der Waals surface area contributed by atoms with Gasteiger partial charge in [0.15, 0.2) is 5.11 Å². The van der Waals surface area contributed by atoms with E-state index < -0.39 is 0 Å². The fraction of sp³-hybridized carbons (Fsp3) is 0.364. The first-order valence-corrected chi connectivity index (χ1v) is 10.4. The van der Waals surface area contributed by atoms with Crippen LogP contribution < -0.4 is 20.4 Å². The van der Waals surface area contributed by atoms with Gasteiger partial charge in [0.2, 0.25) is 0 Å². The van der Waals surface area contributed by atoms with Gasteiger partial charge in [-0.3, -0.25) is 5.43 Å². The SMILES string of the molecule is C/C(=N/NC(=S)NCC[NH+]1CCOCC1)c1ccccc1OCc1ccccc1. The van der Waals surface area contributed by atoms with Crippen molar-refractivity contribution in [2.75, 3.05) is 39.4 Å². The van der Waals surface area contributed by atoms with Gasteiger partial charge in [-0.15, -0.1) is 0 Å². The third kappa shape index (κ3) is 7.12. The third-order valence-electron chi connectivity index (χ3n) is 4.80. The van der Waals surface area contributed by atoms with Crippen molar-refractivity contribution in [1.29, 1.82) is 0 Å². The molecular weight excluding hydrogens is 384 g/mol. The number of rotatable bonds is 8. The summed E-state index contributed by atoms with van der Waals surface area (Å²) >= 11 is 5.34. The second kappa shape index (κ2) is 11.5. The summed E-state index contributed by atoms with van der Waals surface area (Å²) in [5.74, 6) is 0.800. The lowest BCUT2D eigenvalue weighted by atomic mass is 10.1. The number of nitrogens with zero attached hydrogens (tertiary/aromatic N) is 1. The second-order valence-electron chi connectivity index (χ2n) is 6.95. The van der Waals surface area contributed by atoms with Crippen LogP contribution in [0, 0.1) is 0 Å². The van der Waals surface area contributed by atoms with E-state index in [0.29, 0.717) is 11.7 Å². The van der Waals surface area contributed by atoms with Gasteiger partial charge < -0.3 is 19.7 Å². The maximum absolute atomic E-state index is 6.01. The Morgan fingerprint density at radius 3 is 2.62 bits per heavy atom. The predicted octanol–water partition coefficient (Wildman–Crippen LogP) is 1.37. The van der Waals surface area contributed by atoms with E-state index in [1.807, 2.05) is 61.5 Å². The van der Waals surface area contributed by atoms with Crippen LogP contribution in [-0.2, 0) is 11.3 Å². The molecule has 1 aliphatic rings. The van der Waals surface area contributed by atoms with Gasteiger partial charge in [-0.1, -0.05) is 42.5 Å². The van der Waals surface area contributed by atoms with Crippen LogP contribution in [0.2, 0.25) is 0 Å². The minimum absolute atomic E-state index is 0.516. The summed E-state index contributed by atoms with van der Waals surface area (Å²) in [5, 5.41) is 8.18. The molecule has 0 saturated carbocycles. The van der Waals surface area contributed by atoms with Crippen molar-refractivity contribution in [3.8, 4) is 5.75 Å². The number of hydrazone groups is 1. The topological polar surface area (TPSA) is 59.3 Å². The van der Waals surface area contributed by atoms with Gasteiger partial charge in [0.05, 0.1) is 32.0 Å². The molecule has 0 aliphatic carbocycles. The normalized spacial score (nSPS) is 15.0. The maximum atomic E-state index is 6.01. The van der Waals surface area contributed by atoms with Crippen molar-refractivity contribution in [3.05, 3.63) is 65.7 Å². The van der Waals surface area contributed by atoms with Gasteiger partial charge in [0.1, 0.15) is 25.4 Å². The number of quaternary nitrogens is 1. The van der Waals surface area contributed by atoms with Crippen molar-refractivity contribution < 1.29 is 14.4 Å². The van der Waals surface area contributed by atoms with Gasteiger partial charge in [0.25, 0.3) is 0 Å². The van der Waals surface area contributed by atoms with Crippen LogP contribution in [0.4, 0.5) is 0 Å². The summed E-state index contributed by atoms with van der Waals surface area (Å²) in [7, 11) is 0. The Kier molecular flexibility index (Phi) is 8.42. The van der Waals surface area contributed by atoms with Crippen LogP contribution in [0.15, 0.2) is 59.7 Å². The fourth-order valence-electron chi connectivity index (χ4n) is 3.12. The van der Waals surface area contributed by atoms with Gasteiger partial charge in [-0.25, -0.2) is 0 Å². The predicted molar refractivity (Wildman–Crippen MR) is 120 cm³/mol. The molecule has 154 valence electrons. The molecule has 0 bridgehead atoms. The van der Waals surface area contributed by atoms with Crippen LogP contribution in [0.25, 0.3) is 0 Å². The molecule has 29 heavy (non-hydrogen) atoms. The lowest BCUT2D eigenvalue weighted by Crippen LogP contribution is -3.14. The average molecular weight is 414 g/mol. The molecule has 0 spiro atoms. The van der Waals surface area contributed by atoms with E-state index in [2.05, 4.69) is 15.8 Å². The second-order valence-corrected chi connectivity index (χ2v) is 7.36. The van der Waals surface area contributed by atoms with Gasteiger partial charge in [0, 0.05) is 5.56 Å². The lowest BCUT2D eigenvalue weighted by molar-refractivity contribution is -0.906. The Labute approximate surface area is 177 Å². The van der Waals surface area contributed by atoms with E-state index >= 15 is 0 Å². The van der Waals surface area contributed by atoms with Gasteiger partial charge in [-0.2, -0.15) is 5.10 Å². The first kappa shape index (κ1) is 21.2. The molecule has 0 aromatic heterocycles. The Morgan fingerprint density at radius 1 is 1.10 bits per heavy atom. The number of thiocarbonyl (C=S) groups is 1. The van der Waals surface area contributed by atoms with E-state index in [9.17, 15) is 0 Å². The van der Waals surface area contributed by atoms with Crippen molar-refractivity contribution >= 4 is 23.0 Å². The van der Waals surface area contributed by atoms with E-state index in [4.69, 9.17) is 21.7 Å². The van der Waals surface area contributed by atoms with Crippen LogP contribution >= 0.6 is 12.2 Å². The molecule has 1 saturated heterocycles. The maximum Gasteiger partial charge on any atom is 0.187 e. The Hall–Kier alpha value is -2.48. The van der Waals surface area contributed by atoms with Crippen molar-refractivity contribution in [2.45, 2.75) is 13.5 Å². The molecule has 2 aromatic rings. The summed E-state index contributed by atoms with van der Waals surface area (Å²) in [6.07, 6.45) is 0. The fourth-order valence-corrected chi connectivity index (χ4v) is 3.27. The Balaban J connectivity index is 1.49. The number of hydrogen-bond donors (Lipinski definition) is 3. The third-order valence-corrected chi connectivity index (χ3v) is 5.04. The lowest BCUT2D eigenvalue weighted by Gasteiger charge is -2.23. The number of hydrogen-bond acceptors (Lipinski definition) is 4. The van der Waals surface area contributed by atoms with Crippen LogP contribution in [0.3, 0.4) is 0 Å². The zero-order valence-electron chi connectivity index (χ0n) is 16.8. The number of benzene rings is 2. The van der Waals surface area contributed by atoms with Gasteiger partial charge in [-0.05, 0) is 36.8 Å². The van der Waals surface area contributed by atoms with E-state index in [1.165, 1.54) is 4.90 Å². The van der Waals surface area contributed by atoms with Crippen LogP contribution in [0.5, 0.6) is 5.75 Å². The summed E-state index contributed by atoms with van der Waals surface area (Å²) in [4.78, 5) is 1.54. The van der Waals surface area contributed by atoms with E-state index in [0.717, 1.165) is 62.0 Å². The average Bonchev–Trinajstić information content (AvgIpc) is 2.78. The van der Waals surface area contributed by atoms with E-state index in [-0.39, 0.29) is 0 Å². The molecule has 2 aromatic carbocycles. The van der Waals surface area contributed by atoms with Crippen molar-refractivity contribution in [3.63, 3.8) is 0 Å². The Bertz CT molecular complexity index is 807. The molecule has 0 amide bonds. The summed E-state index contributed by atoms with van der Waals surface area (Å²) in [6, 6.07) is 18.0. The minimum Gasteiger partial charge on any atom is -0.488 e. The molecule has 0 atom stereocenters. The molecule has 3 rings (SSSR count). The monoisotopic (exact) mass is 413 g/mol. The summed E-state index contributed by atoms with van der Waals surface area (Å²) in [5.41, 5.74) is 5.82. The van der Waals surface area contributed by atoms with Gasteiger partial charge >= 0.3 is 0 Å². The van der Waals surface area contributed by atoms with Crippen molar-refractivity contribution in [2.24, 2.45) is 5.10 Å². The largest absolute Gasteiger partial charge is 0.488 e. The molecule has 1 heterocycles. The molecule has 1 fully saturated rings. The highest BCUT2D eigenvalue weighted by Crippen LogP contribution is 2.20. The number of nitrogens with one attached hydrogen (secondary N) is 3. The minimum atomic E-state index is 0.516. The first-order valence-electron chi connectivity index (χ1n) is 9.98. The smallest absolute Gasteiger partial charge is 0.187 e. The highest BCUT2D eigenvalue weighted by atomic mass is 32.1. The Morgan fingerprint density at radius 2 is 1.83 bits per heavy atom. The summed E-state index contributed by atoms with van der Waals surface area (Å²) in [6.45, 7) is 8.08. The standard InChI is InChI=1S/C22H28N4O2S/c1-18(24-25-22(29)23-11-12-26-13-15-27-16-14-26)20-9-5-6-10-21(20)28-17-19-7-3-2-4-8-19/h2-10H,11-17H2,1H3,(H2,23,25,29)/p+1/b24-18-. The van der Waals surface area contributed by atoms with E-state index in [1.54, 1.807) is 0 Å². The molecule has 0 radical (unpaired) electrons. The highest BCUT2D eigenvalue weighted by Gasteiger charge is 2.13. The first-order chi connectivity index (χ1) is 14.2. The zero-order chi connectivity index (χ0) is 20.3.